The molecule has 3 N–H and O–H groups in total. The third-order valence-corrected chi connectivity index (χ3v) is 6.68. The smallest absolute Gasteiger partial charge is 0.216 e. The van der Waals surface area contributed by atoms with E-state index in [4.69, 9.17) is 0 Å². The number of amides is 1. The van der Waals surface area contributed by atoms with Gasteiger partial charge in [-0.1, -0.05) is 97.1 Å². The van der Waals surface area contributed by atoms with E-state index in [0.717, 1.165) is 22.3 Å². The van der Waals surface area contributed by atoms with Crippen molar-refractivity contribution >= 4 is 38.3 Å². The summed E-state index contributed by atoms with van der Waals surface area (Å²) in [5, 5.41) is 32.9. The van der Waals surface area contributed by atoms with Gasteiger partial charge in [-0.15, -0.1) is 0 Å². The van der Waals surface area contributed by atoms with Gasteiger partial charge in [0.1, 0.15) is 13.6 Å². The lowest BCUT2D eigenvalue weighted by Crippen LogP contribution is -2.29. The maximum atomic E-state index is 12.8. The maximum Gasteiger partial charge on any atom is 0.216 e. The van der Waals surface area contributed by atoms with Crippen molar-refractivity contribution in [1.29, 1.82) is 0 Å². The van der Waals surface area contributed by atoms with E-state index in [-0.39, 0.29) is 28.3 Å². The summed E-state index contributed by atoms with van der Waals surface area (Å²) >= 11 is 0. The van der Waals surface area contributed by atoms with E-state index in [9.17, 15) is 20.1 Å². The van der Waals surface area contributed by atoms with Gasteiger partial charge in [-0.25, -0.2) is 0 Å². The van der Waals surface area contributed by atoms with Crippen LogP contribution < -0.4 is 10.4 Å². The number of hydrogen-bond donors (Lipinski definition) is 3. The number of carbonyl (C=O) groups excluding carboxylic acids is 1. The lowest BCUT2D eigenvalue weighted by Gasteiger charge is -2.27. The molecule has 0 atom stereocenters. The molecule has 5 aromatic rings. The van der Waals surface area contributed by atoms with Crippen molar-refractivity contribution in [3.63, 3.8) is 0 Å². The second-order valence-corrected chi connectivity index (χ2v) is 9.11. The van der Waals surface area contributed by atoms with Gasteiger partial charge in [0.15, 0.2) is 17.3 Å². The first-order chi connectivity index (χ1) is 18.4. The van der Waals surface area contributed by atoms with E-state index >= 15 is 0 Å². The average Bonchev–Trinajstić information content (AvgIpc) is 2.95. The van der Waals surface area contributed by atoms with Crippen LogP contribution in [0.1, 0.15) is 0 Å². The fraction of sp³-hybridized carbons (Fsp3) is 0. The molecule has 38 heavy (non-hydrogen) atoms. The lowest BCUT2D eigenvalue weighted by atomic mass is 9.86. The second kappa shape index (κ2) is 10.2. The van der Waals surface area contributed by atoms with Gasteiger partial charge in [-0.3, -0.25) is 9.69 Å². The molecule has 0 aliphatic heterocycles. The van der Waals surface area contributed by atoms with E-state index in [1.54, 1.807) is 44.2 Å². The van der Waals surface area contributed by atoms with Crippen LogP contribution >= 0.6 is 0 Å². The Bertz CT molecular complexity index is 1580. The van der Waals surface area contributed by atoms with E-state index in [0.29, 0.717) is 11.3 Å². The topological polar surface area (TPSA) is 81.0 Å². The molecular weight excluding hydrogens is 472 g/mol. The summed E-state index contributed by atoms with van der Waals surface area (Å²) in [6, 6.07) is 34.5. The molecule has 7 heteroatoms. The standard InChI is InChI=1S/C31H25B2NO4/c32-26-27(30(37)29(36)25(28(26)35)23-9-5-2-6-10-23)34(31(33)38)24-17-15-22(16-18-24)21-13-11-20(12-14-21)19-7-3-1-4-8-19/h1-18,35-37H,32-33H2. The van der Waals surface area contributed by atoms with Crippen molar-refractivity contribution < 1.29 is 20.1 Å². The predicted molar refractivity (Wildman–Crippen MR) is 158 cm³/mol. The SMILES string of the molecule is BC(=O)N(c1ccc(-c2ccc(-c3ccccc3)cc2)cc1)c1c(B)c(O)c(-c2ccccc2)c(O)c1O. The van der Waals surface area contributed by atoms with Crippen molar-refractivity contribution in [3.8, 4) is 50.6 Å². The molecule has 5 nitrogen and oxygen atoms in total. The largest absolute Gasteiger partial charge is 0.508 e. The summed E-state index contributed by atoms with van der Waals surface area (Å²) < 4.78 is 0. The first-order valence-electron chi connectivity index (χ1n) is 12.3. The van der Waals surface area contributed by atoms with Crippen LogP contribution in [0.3, 0.4) is 0 Å². The summed E-state index contributed by atoms with van der Waals surface area (Å²) in [6.07, 6.45) is 0. The van der Waals surface area contributed by atoms with Crippen molar-refractivity contribution in [2.75, 3.05) is 4.90 Å². The third kappa shape index (κ3) is 4.50. The number of phenols is 3. The molecular formula is C31H25B2NO4. The molecule has 0 heterocycles. The number of anilines is 2. The Balaban J connectivity index is 1.51. The summed E-state index contributed by atoms with van der Waals surface area (Å²) in [5.74, 6) is -1.55. The molecule has 184 valence electrons. The Morgan fingerprint density at radius 2 is 0.974 bits per heavy atom. The molecule has 0 aliphatic carbocycles. The number of nitrogens with zero attached hydrogens (tertiary/aromatic N) is 1. The molecule has 0 unspecified atom stereocenters. The van der Waals surface area contributed by atoms with Crippen LogP contribution in [0, 0.1) is 0 Å². The monoisotopic (exact) mass is 497 g/mol. The predicted octanol–water partition coefficient (Wildman–Crippen LogP) is 4.95. The molecule has 0 bridgehead atoms. The van der Waals surface area contributed by atoms with Gasteiger partial charge in [0, 0.05) is 5.69 Å². The van der Waals surface area contributed by atoms with Gasteiger partial charge in [0.2, 0.25) is 7.85 Å². The summed E-state index contributed by atoms with van der Waals surface area (Å²) in [7, 11) is 2.98. The minimum atomic E-state index is -0.490. The number of hydrogen-bond acceptors (Lipinski definition) is 4. The number of carbonyl (C=O) groups is 1. The van der Waals surface area contributed by atoms with Crippen molar-refractivity contribution in [2.24, 2.45) is 0 Å². The zero-order valence-corrected chi connectivity index (χ0v) is 21.1. The average molecular weight is 497 g/mol. The Labute approximate surface area is 223 Å². The minimum Gasteiger partial charge on any atom is -0.508 e. The van der Waals surface area contributed by atoms with E-state index < -0.39 is 11.5 Å². The van der Waals surface area contributed by atoms with Crippen LogP contribution in [0.4, 0.5) is 16.2 Å². The van der Waals surface area contributed by atoms with Crippen molar-refractivity contribution in [1.82, 2.24) is 0 Å². The minimum absolute atomic E-state index is 0.0344. The normalized spacial score (nSPS) is 10.7. The number of phenolic OH excluding ortho intramolecular Hbond substituents is 3. The molecule has 5 aromatic carbocycles. The quantitative estimate of drug-likeness (QED) is 0.182. The molecule has 0 spiro atoms. The highest BCUT2D eigenvalue weighted by Crippen LogP contribution is 2.48. The van der Waals surface area contributed by atoms with Gasteiger partial charge in [-0.05, 0) is 45.4 Å². The Hall–Kier alpha value is -4.90. The molecule has 1 amide bonds. The number of rotatable bonds is 5. The van der Waals surface area contributed by atoms with E-state index in [1.807, 2.05) is 36.4 Å². The van der Waals surface area contributed by atoms with Crippen LogP contribution in [-0.2, 0) is 0 Å². The first kappa shape index (κ1) is 24.8. The number of benzene rings is 5. The first-order valence-corrected chi connectivity index (χ1v) is 12.3. The Morgan fingerprint density at radius 3 is 1.45 bits per heavy atom. The molecule has 0 aliphatic rings. The third-order valence-electron chi connectivity index (χ3n) is 6.68. The summed E-state index contributed by atoms with van der Waals surface area (Å²) in [6.45, 7) is 0. The molecule has 0 aromatic heterocycles. The van der Waals surface area contributed by atoms with Crippen molar-refractivity contribution in [2.45, 2.75) is 0 Å². The summed E-state index contributed by atoms with van der Waals surface area (Å²) in [4.78, 5) is 14.1. The zero-order valence-electron chi connectivity index (χ0n) is 21.1. The fourth-order valence-electron chi connectivity index (χ4n) is 4.73. The lowest BCUT2D eigenvalue weighted by molar-refractivity contribution is 0.265. The number of aromatic hydroxyl groups is 3. The van der Waals surface area contributed by atoms with Crippen molar-refractivity contribution in [3.05, 3.63) is 109 Å². The van der Waals surface area contributed by atoms with Crippen LogP contribution in [-0.4, -0.2) is 36.8 Å². The van der Waals surface area contributed by atoms with E-state index in [1.165, 1.54) is 12.7 Å². The highest BCUT2D eigenvalue weighted by Gasteiger charge is 2.28. The maximum absolute atomic E-state index is 12.8. The molecule has 0 saturated heterocycles. The second-order valence-electron chi connectivity index (χ2n) is 9.11. The van der Waals surface area contributed by atoms with Gasteiger partial charge in [0.25, 0.3) is 0 Å². The summed E-state index contributed by atoms with van der Waals surface area (Å²) in [5.41, 5.74) is 5.71. The van der Waals surface area contributed by atoms with Gasteiger partial charge in [-0.2, -0.15) is 0 Å². The zero-order chi connectivity index (χ0) is 26.8. The van der Waals surface area contributed by atoms with Gasteiger partial charge < -0.3 is 15.3 Å². The fourth-order valence-corrected chi connectivity index (χ4v) is 4.73. The molecule has 5 rings (SSSR count). The van der Waals surface area contributed by atoms with Crippen LogP contribution in [0.5, 0.6) is 17.2 Å². The Kier molecular flexibility index (Phi) is 6.67. The van der Waals surface area contributed by atoms with E-state index in [2.05, 4.69) is 36.4 Å². The molecule has 0 saturated carbocycles. The van der Waals surface area contributed by atoms with Gasteiger partial charge >= 0.3 is 0 Å². The van der Waals surface area contributed by atoms with Crippen LogP contribution in [0.25, 0.3) is 33.4 Å². The Morgan fingerprint density at radius 1 is 0.553 bits per heavy atom. The molecule has 0 radical (unpaired) electrons. The molecule has 0 fully saturated rings. The van der Waals surface area contributed by atoms with Gasteiger partial charge in [0.05, 0.1) is 11.3 Å². The van der Waals surface area contributed by atoms with Crippen LogP contribution in [0.15, 0.2) is 109 Å². The highest BCUT2D eigenvalue weighted by atomic mass is 16.3. The highest BCUT2D eigenvalue weighted by molar-refractivity contribution is 6.62. The van der Waals surface area contributed by atoms with Crippen LogP contribution in [0.2, 0.25) is 0 Å².